The third kappa shape index (κ3) is 4.33. The van der Waals surface area contributed by atoms with Gasteiger partial charge in [-0.3, -0.25) is 9.59 Å². The number of methoxy groups -OCH3 is 2. The molecule has 1 amide bonds. The lowest BCUT2D eigenvalue weighted by molar-refractivity contribution is -0.154. The van der Waals surface area contributed by atoms with Gasteiger partial charge in [0.15, 0.2) is 0 Å². The summed E-state index contributed by atoms with van der Waals surface area (Å²) in [7, 11) is 2.46. The number of hydrogen-bond acceptors (Lipinski definition) is 7. The number of esters is 2. The molecular formula is C14H24N2O6. The van der Waals surface area contributed by atoms with E-state index in [0.29, 0.717) is 0 Å². The monoisotopic (exact) mass is 316 g/mol. The first-order chi connectivity index (χ1) is 10.1. The predicted molar refractivity (Wildman–Crippen MR) is 76.8 cm³/mol. The molecular weight excluding hydrogens is 292 g/mol. The maximum absolute atomic E-state index is 12.2. The van der Waals surface area contributed by atoms with Gasteiger partial charge in [0.2, 0.25) is 0 Å². The van der Waals surface area contributed by atoms with E-state index >= 15 is 0 Å². The Morgan fingerprint density at radius 3 is 1.73 bits per heavy atom. The van der Waals surface area contributed by atoms with Crippen molar-refractivity contribution in [2.75, 3.05) is 27.3 Å². The normalized spacial score (nSPS) is 25.4. The molecule has 0 aromatic carbocycles. The first kappa shape index (κ1) is 18.2. The molecule has 0 spiro atoms. The third-order valence-corrected chi connectivity index (χ3v) is 3.42. The van der Waals surface area contributed by atoms with Crippen LogP contribution in [0, 0.1) is 11.8 Å². The number of piperidine rings is 1. The SMILES string of the molecule is COC(=O)C1CN(C(=O)OC(C)(C)C)CC(C(=O)OC)C1N. The molecule has 1 rings (SSSR count). The van der Waals surface area contributed by atoms with Crippen molar-refractivity contribution in [1.82, 2.24) is 4.90 Å². The van der Waals surface area contributed by atoms with Crippen LogP contribution in [0.15, 0.2) is 0 Å². The summed E-state index contributed by atoms with van der Waals surface area (Å²) in [5, 5.41) is 0. The summed E-state index contributed by atoms with van der Waals surface area (Å²) in [4.78, 5) is 37.2. The number of ether oxygens (including phenoxy) is 3. The van der Waals surface area contributed by atoms with Crippen molar-refractivity contribution in [2.45, 2.75) is 32.4 Å². The lowest BCUT2D eigenvalue weighted by Gasteiger charge is -2.39. The number of nitrogens with two attached hydrogens (primary N) is 1. The molecule has 2 N–H and O–H groups in total. The molecule has 2 atom stereocenters. The Balaban J connectivity index is 2.97. The number of amides is 1. The van der Waals surface area contributed by atoms with Crippen molar-refractivity contribution in [3.63, 3.8) is 0 Å². The van der Waals surface area contributed by atoms with E-state index in [1.165, 1.54) is 19.1 Å². The van der Waals surface area contributed by atoms with Crippen LogP contribution < -0.4 is 5.73 Å². The summed E-state index contributed by atoms with van der Waals surface area (Å²) >= 11 is 0. The van der Waals surface area contributed by atoms with Crippen LogP contribution in [0.2, 0.25) is 0 Å². The summed E-state index contributed by atoms with van der Waals surface area (Å²) in [6.07, 6.45) is -0.609. The van der Waals surface area contributed by atoms with E-state index in [2.05, 4.69) is 0 Å². The second-order valence-electron chi connectivity index (χ2n) is 6.22. The number of hydrogen-bond donors (Lipinski definition) is 1. The van der Waals surface area contributed by atoms with Gasteiger partial charge in [-0.05, 0) is 20.8 Å². The van der Waals surface area contributed by atoms with Crippen molar-refractivity contribution in [1.29, 1.82) is 0 Å². The smallest absolute Gasteiger partial charge is 0.410 e. The first-order valence-electron chi connectivity index (χ1n) is 7.00. The van der Waals surface area contributed by atoms with E-state index in [4.69, 9.17) is 19.9 Å². The summed E-state index contributed by atoms with van der Waals surface area (Å²) in [5.74, 6) is -2.77. The van der Waals surface area contributed by atoms with Gasteiger partial charge in [0.25, 0.3) is 0 Å². The lowest BCUT2D eigenvalue weighted by Crippen LogP contribution is -2.59. The number of rotatable bonds is 2. The number of likely N-dealkylation sites (tertiary alicyclic amines) is 1. The molecule has 8 nitrogen and oxygen atoms in total. The molecule has 0 aromatic heterocycles. The van der Waals surface area contributed by atoms with Gasteiger partial charge in [0.1, 0.15) is 5.60 Å². The quantitative estimate of drug-likeness (QED) is 0.570. The Kier molecular flexibility index (Phi) is 5.76. The zero-order valence-electron chi connectivity index (χ0n) is 13.6. The van der Waals surface area contributed by atoms with Crippen LogP contribution in [-0.4, -0.2) is 61.9 Å². The molecule has 2 unspecified atom stereocenters. The molecule has 1 fully saturated rings. The predicted octanol–water partition coefficient (Wildman–Crippen LogP) is 0.143. The van der Waals surface area contributed by atoms with Crippen molar-refractivity contribution >= 4 is 18.0 Å². The highest BCUT2D eigenvalue weighted by atomic mass is 16.6. The van der Waals surface area contributed by atoms with Crippen LogP contribution in [0.3, 0.4) is 0 Å². The van der Waals surface area contributed by atoms with Crippen LogP contribution >= 0.6 is 0 Å². The van der Waals surface area contributed by atoms with Gasteiger partial charge >= 0.3 is 18.0 Å². The Morgan fingerprint density at radius 2 is 1.41 bits per heavy atom. The van der Waals surface area contributed by atoms with E-state index in [-0.39, 0.29) is 13.1 Å². The molecule has 0 aliphatic carbocycles. The summed E-state index contributed by atoms with van der Waals surface area (Å²) in [5.41, 5.74) is 5.30. The minimum Gasteiger partial charge on any atom is -0.469 e. The molecule has 0 aromatic rings. The van der Waals surface area contributed by atoms with E-state index < -0.39 is 41.5 Å². The second-order valence-corrected chi connectivity index (χ2v) is 6.22. The van der Waals surface area contributed by atoms with Crippen molar-refractivity contribution in [3.05, 3.63) is 0 Å². The highest BCUT2D eigenvalue weighted by Crippen LogP contribution is 2.25. The molecule has 8 heteroatoms. The minimum absolute atomic E-state index is 0.0379. The van der Waals surface area contributed by atoms with E-state index in [1.54, 1.807) is 20.8 Å². The number of carbonyl (C=O) groups excluding carboxylic acids is 3. The van der Waals surface area contributed by atoms with Crippen LogP contribution in [0.1, 0.15) is 20.8 Å². The van der Waals surface area contributed by atoms with Crippen LogP contribution in [0.4, 0.5) is 4.79 Å². The fraction of sp³-hybridized carbons (Fsp3) is 0.786. The minimum atomic E-state index is -0.810. The molecule has 0 saturated carbocycles. The third-order valence-electron chi connectivity index (χ3n) is 3.42. The molecule has 126 valence electrons. The first-order valence-corrected chi connectivity index (χ1v) is 7.00. The van der Waals surface area contributed by atoms with Gasteiger partial charge in [-0.2, -0.15) is 0 Å². The zero-order chi connectivity index (χ0) is 17.1. The maximum Gasteiger partial charge on any atom is 0.410 e. The fourth-order valence-corrected chi connectivity index (χ4v) is 2.31. The van der Waals surface area contributed by atoms with Crippen LogP contribution in [0.25, 0.3) is 0 Å². The van der Waals surface area contributed by atoms with Gasteiger partial charge in [0.05, 0.1) is 26.1 Å². The fourth-order valence-electron chi connectivity index (χ4n) is 2.31. The summed E-state index contributed by atoms with van der Waals surface area (Å²) in [6.45, 7) is 5.27. The topological polar surface area (TPSA) is 108 Å². The molecule has 1 heterocycles. The average Bonchev–Trinajstić information content (AvgIpc) is 2.43. The highest BCUT2D eigenvalue weighted by molar-refractivity contribution is 5.80. The maximum atomic E-state index is 12.2. The molecule has 22 heavy (non-hydrogen) atoms. The van der Waals surface area contributed by atoms with Gasteiger partial charge in [-0.1, -0.05) is 0 Å². The van der Waals surface area contributed by atoms with Gasteiger partial charge in [0, 0.05) is 19.1 Å². The summed E-state index contributed by atoms with van der Waals surface area (Å²) in [6, 6.07) is -0.779. The van der Waals surface area contributed by atoms with Crippen molar-refractivity contribution in [2.24, 2.45) is 17.6 Å². The largest absolute Gasteiger partial charge is 0.469 e. The summed E-state index contributed by atoms with van der Waals surface area (Å²) < 4.78 is 14.7. The second kappa shape index (κ2) is 6.95. The molecule has 1 saturated heterocycles. The standard InChI is InChI=1S/C14H24N2O6/c1-14(2,3)22-13(19)16-6-8(11(17)20-4)10(15)9(7-16)12(18)21-5/h8-10H,6-7,15H2,1-5H3. The van der Waals surface area contributed by atoms with E-state index in [9.17, 15) is 14.4 Å². The zero-order valence-corrected chi connectivity index (χ0v) is 13.6. The molecule has 0 radical (unpaired) electrons. The van der Waals surface area contributed by atoms with Gasteiger partial charge in [-0.15, -0.1) is 0 Å². The molecule has 0 bridgehead atoms. The van der Waals surface area contributed by atoms with Crippen LogP contribution in [0.5, 0.6) is 0 Å². The Morgan fingerprint density at radius 1 is 1.00 bits per heavy atom. The van der Waals surface area contributed by atoms with Crippen LogP contribution in [-0.2, 0) is 23.8 Å². The Bertz CT molecular complexity index is 419. The molecule has 1 aliphatic rings. The average molecular weight is 316 g/mol. The van der Waals surface area contributed by atoms with Crippen molar-refractivity contribution < 1.29 is 28.6 Å². The highest BCUT2D eigenvalue weighted by Gasteiger charge is 2.45. The Hall–Kier alpha value is -1.83. The number of carbonyl (C=O) groups is 3. The lowest BCUT2D eigenvalue weighted by atomic mass is 9.84. The van der Waals surface area contributed by atoms with E-state index in [1.807, 2.05) is 0 Å². The Labute approximate surface area is 129 Å². The van der Waals surface area contributed by atoms with Crippen molar-refractivity contribution in [3.8, 4) is 0 Å². The van der Waals surface area contributed by atoms with E-state index in [0.717, 1.165) is 0 Å². The number of nitrogens with zero attached hydrogens (tertiary/aromatic N) is 1. The molecule has 1 aliphatic heterocycles. The van der Waals surface area contributed by atoms with Gasteiger partial charge in [-0.25, -0.2) is 4.79 Å². The van der Waals surface area contributed by atoms with Gasteiger partial charge < -0.3 is 24.8 Å².